The second-order valence-electron chi connectivity index (χ2n) is 5.50. The van der Waals surface area contributed by atoms with Gasteiger partial charge in [-0.25, -0.2) is 0 Å². The van der Waals surface area contributed by atoms with Crippen molar-refractivity contribution in [2.45, 2.75) is 52.5 Å². The van der Waals surface area contributed by atoms with Crippen molar-refractivity contribution < 1.29 is 4.79 Å². The minimum Gasteiger partial charge on any atom is -0.352 e. The van der Waals surface area contributed by atoms with E-state index in [1.807, 2.05) is 0 Å². The van der Waals surface area contributed by atoms with Crippen molar-refractivity contribution in [2.75, 3.05) is 39.3 Å². The van der Waals surface area contributed by atoms with Gasteiger partial charge in [0.15, 0.2) is 0 Å². The number of carbonyl (C=O) groups is 1. The standard InChI is InChI=1S/C15H31N3O/c1-4-7-10-18(6-3)13-15(19)16-14-8-11-17(5-2)12-9-14/h14H,4-13H2,1-3H3,(H,16,19). The molecule has 0 saturated carbocycles. The Bertz CT molecular complexity index is 250. The van der Waals surface area contributed by atoms with Crippen LogP contribution in [0.2, 0.25) is 0 Å². The first-order valence-electron chi connectivity index (χ1n) is 7.93. The molecule has 0 unspecified atom stereocenters. The Labute approximate surface area is 118 Å². The van der Waals surface area contributed by atoms with E-state index in [-0.39, 0.29) is 5.91 Å². The molecule has 0 spiro atoms. The van der Waals surface area contributed by atoms with Crippen molar-refractivity contribution in [1.82, 2.24) is 15.1 Å². The predicted octanol–water partition coefficient (Wildman–Crippen LogP) is 1.71. The van der Waals surface area contributed by atoms with E-state index in [9.17, 15) is 4.79 Å². The van der Waals surface area contributed by atoms with Crippen LogP contribution in [-0.4, -0.2) is 61.0 Å². The zero-order chi connectivity index (χ0) is 14.1. The molecule has 0 aromatic rings. The molecule has 0 aromatic carbocycles. The van der Waals surface area contributed by atoms with Crippen LogP contribution in [0.25, 0.3) is 0 Å². The molecule has 4 nitrogen and oxygen atoms in total. The average Bonchev–Trinajstić information content (AvgIpc) is 2.44. The van der Waals surface area contributed by atoms with Crippen LogP contribution in [0.1, 0.15) is 46.5 Å². The Morgan fingerprint density at radius 2 is 1.95 bits per heavy atom. The number of unbranched alkanes of at least 4 members (excludes halogenated alkanes) is 1. The van der Waals surface area contributed by atoms with Gasteiger partial charge < -0.3 is 10.2 Å². The number of hydrogen-bond acceptors (Lipinski definition) is 3. The minimum atomic E-state index is 0.202. The SMILES string of the molecule is CCCCN(CC)CC(=O)NC1CCN(CC)CC1. The van der Waals surface area contributed by atoms with Crippen molar-refractivity contribution >= 4 is 5.91 Å². The van der Waals surface area contributed by atoms with Crippen LogP contribution >= 0.6 is 0 Å². The van der Waals surface area contributed by atoms with Crippen LogP contribution in [0.4, 0.5) is 0 Å². The maximum absolute atomic E-state index is 12.0. The van der Waals surface area contributed by atoms with E-state index in [0.29, 0.717) is 12.6 Å². The highest BCUT2D eigenvalue weighted by atomic mass is 16.2. The van der Waals surface area contributed by atoms with Crippen molar-refractivity contribution in [2.24, 2.45) is 0 Å². The third kappa shape index (κ3) is 6.39. The Balaban J connectivity index is 2.23. The van der Waals surface area contributed by atoms with E-state index in [4.69, 9.17) is 0 Å². The van der Waals surface area contributed by atoms with Gasteiger partial charge >= 0.3 is 0 Å². The summed E-state index contributed by atoms with van der Waals surface area (Å²) < 4.78 is 0. The summed E-state index contributed by atoms with van der Waals surface area (Å²) in [6, 6.07) is 0.389. The molecule has 4 heteroatoms. The number of rotatable bonds is 8. The van der Waals surface area contributed by atoms with Gasteiger partial charge in [0.25, 0.3) is 0 Å². The number of likely N-dealkylation sites (N-methyl/N-ethyl adjacent to an activating group) is 1. The van der Waals surface area contributed by atoms with Crippen molar-refractivity contribution in [3.05, 3.63) is 0 Å². The summed E-state index contributed by atoms with van der Waals surface area (Å²) in [6.07, 6.45) is 4.56. The van der Waals surface area contributed by atoms with Gasteiger partial charge in [0, 0.05) is 19.1 Å². The lowest BCUT2D eigenvalue weighted by Gasteiger charge is -2.32. The molecule has 0 bridgehead atoms. The molecule has 0 atom stereocenters. The van der Waals surface area contributed by atoms with Gasteiger partial charge in [-0.3, -0.25) is 9.69 Å². The molecular weight excluding hydrogens is 238 g/mol. The van der Waals surface area contributed by atoms with Crippen molar-refractivity contribution in [3.8, 4) is 0 Å². The van der Waals surface area contributed by atoms with Gasteiger partial charge in [-0.05, 0) is 38.9 Å². The summed E-state index contributed by atoms with van der Waals surface area (Å²) in [5, 5.41) is 3.20. The molecule has 1 heterocycles. The van der Waals surface area contributed by atoms with Gasteiger partial charge in [-0.1, -0.05) is 27.2 Å². The van der Waals surface area contributed by atoms with Crippen LogP contribution in [0.3, 0.4) is 0 Å². The van der Waals surface area contributed by atoms with E-state index in [0.717, 1.165) is 45.6 Å². The first-order chi connectivity index (χ1) is 9.19. The number of nitrogens with one attached hydrogen (secondary N) is 1. The normalized spacial score (nSPS) is 17.9. The highest BCUT2D eigenvalue weighted by molar-refractivity contribution is 5.78. The summed E-state index contributed by atoms with van der Waals surface area (Å²) in [4.78, 5) is 16.7. The molecule has 0 radical (unpaired) electrons. The second kappa shape index (κ2) is 9.32. The number of piperidine rings is 1. The van der Waals surface area contributed by atoms with Crippen LogP contribution in [0.5, 0.6) is 0 Å². The molecule has 1 rings (SSSR count). The van der Waals surface area contributed by atoms with Crippen LogP contribution in [0.15, 0.2) is 0 Å². The van der Waals surface area contributed by atoms with Crippen LogP contribution < -0.4 is 5.32 Å². The molecule has 112 valence electrons. The summed E-state index contributed by atoms with van der Waals surface area (Å²) in [5.41, 5.74) is 0. The lowest BCUT2D eigenvalue weighted by atomic mass is 10.1. The fraction of sp³-hybridized carbons (Fsp3) is 0.933. The molecule has 1 aliphatic rings. The molecule has 0 aliphatic carbocycles. The number of nitrogens with zero attached hydrogens (tertiary/aromatic N) is 2. The first-order valence-corrected chi connectivity index (χ1v) is 7.93. The Morgan fingerprint density at radius 3 is 2.47 bits per heavy atom. The minimum absolute atomic E-state index is 0.202. The largest absolute Gasteiger partial charge is 0.352 e. The monoisotopic (exact) mass is 269 g/mol. The van der Waals surface area contributed by atoms with Gasteiger partial charge in [-0.15, -0.1) is 0 Å². The Hall–Kier alpha value is -0.610. The zero-order valence-electron chi connectivity index (χ0n) is 13.0. The Kier molecular flexibility index (Phi) is 8.07. The summed E-state index contributed by atoms with van der Waals surface area (Å²) >= 11 is 0. The third-order valence-corrected chi connectivity index (χ3v) is 4.04. The van der Waals surface area contributed by atoms with Crippen molar-refractivity contribution in [3.63, 3.8) is 0 Å². The van der Waals surface area contributed by atoms with Gasteiger partial charge in [0.05, 0.1) is 6.54 Å². The Morgan fingerprint density at radius 1 is 1.26 bits per heavy atom. The quantitative estimate of drug-likeness (QED) is 0.728. The van der Waals surface area contributed by atoms with E-state index in [1.165, 1.54) is 12.8 Å². The molecule has 1 N–H and O–H groups in total. The zero-order valence-corrected chi connectivity index (χ0v) is 13.0. The molecule has 0 aromatic heterocycles. The van der Waals surface area contributed by atoms with Gasteiger partial charge in [0.2, 0.25) is 5.91 Å². The number of likely N-dealkylation sites (tertiary alicyclic amines) is 1. The van der Waals surface area contributed by atoms with E-state index in [2.05, 4.69) is 35.9 Å². The van der Waals surface area contributed by atoms with Gasteiger partial charge in [0.1, 0.15) is 0 Å². The smallest absolute Gasteiger partial charge is 0.234 e. The molecule has 1 aliphatic heterocycles. The fourth-order valence-corrected chi connectivity index (χ4v) is 2.60. The molecule has 1 saturated heterocycles. The molecule has 19 heavy (non-hydrogen) atoms. The van der Waals surface area contributed by atoms with E-state index in [1.54, 1.807) is 0 Å². The summed E-state index contributed by atoms with van der Waals surface area (Å²) in [7, 11) is 0. The van der Waals surface area contributed by atoms with E-state index < -0.39 is 0 Å². The van der Waals surface area contributed by atoms with Crippen LogP contribution in [-0.2, 0) is 4.79 Å². The average molecular weight is 269 g/mol. The summed E-state index contributed by atoms with van der Waals surface area (Å²) in [6.45, 7) is 12.4. The van der Waals surface area contributed by atoms with Gasteiger partial charge in [-0.2, -0.15) is 0 Å². The van der Waals surface area contributed by atoms with Crippen molar-refractivity contribution in [1.29, 1.82) is 0 Å². The lowest BCUT2D eigenvalue weighted by molar-refractivity contribution is -0.123. The maximum Gasteiger partial charge on any atom is 0.234 e. The first kappa shape index (κ1) is 16.4. The fourth-order valence-electron chi connectivity index (χ4n) is 2.60. The highest BCUT2D eigenvalue weighted by Crippen LogP contribution is 2.09. The topological polar surface area (TPSA) is 35.6 Å². The highest BCUT2D eigenvalue weighted by Gasteiger charge is 2.20. The summed E-state index contributed by atoms with van der Waals surface area (Å²) in [5.74, 6) is 0.202. The maximum atomic E-state index is 12.0. The molecule has 1 amide bonds. The third-order valence-electron chi connectivity index (χ3n) is 4.04. The molecular formula is C15H31N3O. The van der Waals surface area contributed by atoms with E-state index >= 15 is 0 Å². The number of carbonyl (C=O) groups excluding carboxylic acids is 1. The number of hydrogen-bond donors (Lipinski definition) is 1. The second-order valence-corrected chi connectivity index (χ2v) is 5.50. The predicted molar refractivity (Wildman–Crippen MR) is 80.3 cm³/mol. The lowest BCUT2D eigenvalue weighted by Crippen LogP contribution is -2.47. The number of amides is 1. The molecule has 1 fully saturated rings. The van der Waals surface area contributed by atoms with Crippen LogP contribution in [0, 0.1) is 0 Å².